The van der Waals surface area contributed by atoms with Gasteiger partial charge in [0.2, 0.25) is 0 Å². The fourth-order valence-corrected chi connectivity index (χ4v) is 2.60. The predicted molar refractivity (Wildman–Crippen MR) is 71.9 cm³/mol. The van der Waals surface area contributed by atoms with Gasteiger partial charge in [-0.3, -0.25) is 9.13 Å². The van der Waals surface area contributed by atoms with Crippen molar-refractivity contribution in [2.75, 3.05) is 6.61 Å². The third-order valence-electron chi connectivity index (χ3n) is 3.70. The molecule has 4 heterocycles. The highest BCUT2D eigenvalue weighted by Crippen LogP contribution is 2.31. The Kier molecular flexibility index (Phi) is 3.06. The zero-order valence-electron chi connectivity index (χ0n) is 11.4. The maximum absolute atomic E-state index is 9.86. The van der Waals surface area contributed by atoms with Crippen LogP contribution in [0.4, 0.5) is 0 Å². The van der Waals surface area contributed by atoms with Gasteiger partial charge in [0.05, 0.1) is 19.0 Å². The highest BCUT2D eigenvalue weighted by atomic mass is 16.5. The first-order chi connectivity index (χ1) is 10.8. The molecule has 1 aliphatic rings. The molecule has 0 amide bonds. The summed E-state index contributed by atoms with van der Waals surface area (Å²) in [6.45, 7) is -0.231. The van der Waals surface area contributed by atoms with Crippen molar-refractivity contribution < 1.29 is 14.9 Å². The third-order valence-corrected chi connectivity index (χ3v) is 3.70. The van der Waals surface area contributed by atoms with Crippen LogP contribution in [0, 0.1) is 0 Å². The summed E-state index contributed by atoms with van der Waals surface area (Å²) in [5.41, 5.74) is 1.15. The van der Waals surface area contributed by atoms with Gasteiger partial charge in [0.1, 0.15) is 31.3 Å². The number of imidazole rings is 1. The van der Waals surface area contributed by atoms with Crippen molar-refractivity contribution in [3.05, 3.63) is 25.3 Å². The Balaban J connectivity index is 1.77. The minimum Gasteiger partial charge on any atom is -0.394 e. The molecule has 0 aliphatic carbocycles. The van der Waals surface area contributed by atoms with E-state index >= 15 is 0 Å². The highest BCUT2D eigenvalue weighted by Gasteiger charge is 2.35. The molecule has 3 atom stereocenters. The van der Waals surface area contributed by atoms with Gasteiger partial charge in [-0.1, -0.05) is 0 Å². The normalized spacial score (nSPS) is 25.1. The largest absolute Gasteiger partial charge is 0.394 e. The number of rotatable bonds is 3. The van der Waals surface area contributed by atoms with E-state index in [-0.39, 0.29) is 6.61 Å². The number of fused-ring (bicyclic) bond motifs is 1. The second kappa shape index (κ2) is 5.09. The van der Waals surface area contributed by atoms with Crippen molar-refractivity contribution in [2.24, 2.45) is 0 Å². The van der Waals surface area contributed by atoms with Gasteiger partial charge in [0.25, 0.3) is 0 Å². The summed E-state index contributed by atoms with van der Waals surface area (Å²) < 4.78 is 9.00. The van der Waals surface area contributed by atoms with Gasteiger partial charge < -0.3 is 14.9 Å². The van der Waals surface area contributed by atoms with E-state index < -0.39 is 18.4 Å². The van der Waals surface area contributed by atoms with E-state index in [1.807, 2.05) is 0 Å². The lowest BCUT2D eigenvalue weighted by Crippen LogP contribution is -2.24. The molecule has 3 aromatic rings. The van der Waals surface area contributed by atoms with Crippen LogP contribution in [0.15, 0.2) is 25.3 Å². The molecular weight excluding hydrogens is 293 g/mol. The van der Waals surface area contributed by atoms with Gasteiger partial charge in [-0.15, -0.1) is 10.2 Å². The van der Waals surface area contributed by atoms with Gasteiger partial charge >= 0.3 is 0 Å². The van der Waals surface area contributed by atoms with Crippen LogP contribution >= 0.6 is 0 Å². The lowest BCUT2D eigenvalue weighted by Gasteiger charge is -2.13. The summed E-state index contributed by atoms with van der Waals surface area (Å²) in [5, 5.41) is 26.6. The monoisotopic (exact) mass is 306 g/mol. The van der Waals surface area contributed by atoms with Crippen LogP contribution in [0.2, 0.25) is 0 Å². The van der Waals surface area contributed by atoms with Crippen molar-refractivity contribution in [3.8, 4) is 5.82 Å². The number of hydrogen-bond donors (Lipinski definition) is 2. The Hall–Kier alpha value is -2.43. The Morgan fingerprint density at radius 1 is 1.18 bits per heavy atom. The first kappa shape index (κ1) is 13.2. The second-order valence-electron chi connectivity index (χ2n) is 5.01. The molecule has 22 heavy (non-hydrogen) atoms. The summed E-state index contributed by atoms with van der Waals surface area (Å²) in [7, 11) is 0. The van der Waals surface area contributed by atoms with E-state index in [1.165, 1.54) is 19.0 Å². The standard InChI is InChI=1S/C12H13N7O3/c20-2-8-7(21)1-9(22-8)19-4-15-10-11(13-3-14-12(10)19)18-5-16-17-6-18/h3-9,20-21H,1-2H2/t7-,8+,9+/m0/s1/i4+1,13+1,15+1. The molecule has 2 N–H and O–H groups in total. The number of aliphatic hydroxyl groups is 2. The molecule has 10 heteroatoms. The third kappa shape index (κ3) is 1.96. The summed E-state index contributed by atoms with van der Waals surface area (Å²) in [6, 6.07) is 0. The van der Waals surface area contributed by atoms with Crippen molar-refractivity contribution in [1.29, 1.82) is 0 Å². The fourth-order valence-electron chi connectivity index (χ4n) is 2.60. The predicted octanol–water partition coefficient (Wildman–Crippen LogP) is -0.952. The molecule has 0 spiro atoms. The van der Waals surface area contributed by atoms with Crippen LogP contribution in [-0.4, -0.2) is 63.3 Å². The van der Waals surface area contributed by atoms with Crippen molar-refractivity contribution in [2.45, 2.75) is 24.9 Å². The molecule has 0 unspecified atom stereocenters. The number of aliphatic hydroxyl groups excluding tert-OH is 2. The van der Waals surface area contributed by atoms with Crippen LogP contribution in [0.25, 0.3) is 17.0 Å². The van der Waals surface area contributed by atoms with E-state index in [1.54, 1.807) is 15.5 Å². The van der Waals surface area contributed by atoms with Crippen molar-refractivity contribution in [1.82, 2.24) is 34.3 Å². The summed E-state index contributed by atoms with van der Waals surface area (Å²) >= 11 is 0. The maximum atomic E-state index is 9.86. The topological polar surface area (TPSA) is 124 Å². The zero-order chi connectivity index (χ0) is 15.1. The molecular formula is C12H13N7O3. The van der Waals surface area contributed by atoms with Gasteiger partial charge in [-0.2, -0.15) is 0 Å². The Morgan fingerprint density at radius 3 is 2.73 bits per heavy atom. The van der Waals surface area contributed by atoms with Crippen LogP contribution in [-0.2, 0) is 4.74 Å². The molecule has 10 nitrogen and oxygen atoms in total. The molecule has 1 aliphatic heterocycles. The minimum absolute atomic E-state index is 0.231. The number of nitrogens with zero attached hydrogens (tertiary/aromatic N) is 7. The average Bonchev–Trinajstić information content (AvgIpc) is 3.25. The second-order valence-corrected chi connectivity index (χ2v) is 5.01. The highest BCUT2D eigenvalue weighted by molar-refractivity contribution is 5.78. The maximum Gasteiger partial charge on any atom is 0.170 e. The minimum atomic E-state index is -0.716. The molecule has 0 bridgehead atoms. The quantitative estimate of drug-likeness (QED) is 0.634. The van der Waals surface area contributed by atoms with E-state index in [0.29, 0.717) is 23.4 Å². The molecule has 1 fully saturated rings. The molecule has 0 radical (unpaired) electrons. The average molecular weight is 306 g/mol. The van der Waals surface area contributed by atoms with Crippen LogP contribution in [0.5, 0.6) is 0 Å². The Morgan fingerprint density at radius 2 is 2.00 bits per heavy atom. The van der Waals surface area contributed by atoms with Crippen molar-refractivity contribution in [3.63, 3.8) is 0 Å². The lowest BCUT2D eigenvalue weighted by molar-refractivity contribution is -0.0432. The summed E-state index contributed by atoms with van der Waals surface area (Å²) in [6.07, 6.45) is 4.68. The van der Waals surface area contributed by atoms with Gasteiger partial charge in [-0.25, -0.2) is 15.0 Å². The Labute approximate surface area is 124 Å². The van der Waals surface area contributed by atoms with E-state index in [2.05, 4.69) is 25.1 Å². The summed E-state index contributed by atoms with van der Waals surface area (Å²) in [4.78, 5) is 12.8. The number of hydrogen-bond acceptors (Lipinski definition) is 8. The number of ether oxygens (including phenoxy) is 1. The molecule has 1 saturated heterocycles. The smallest absolute Gasteiger partial charge is 0.170 e. The molecule has 0 saturated carbocycles. The van der Waals surface area contributed by atoms with E-state index in [9.17, 15) is 10.2 Å². The van der Waals surface area contributed by atoms with Crippen LogP contribution in [0.3, 0.4) is 0 Å². The van der Waals surface area contributed by atoms with Crippen LogP contribution in [0.1, 0.15) is 12.6 Å². The van der Waals surface area contributed by atoms with E-state index in [4.69, 9.17) is 4.74 Å². The first-order valence-electron chi connectivity index (χ1n) is 6.75. The molecule has 114 valence electrons. The SMILES string of the molecule is OC[C@H]1O[C@@H](n2[13cH][15n]c3c(-n4cnnc4)[15n]cnc32)C[C@@H]1O. The van der Waals surface area contributed by atoms with Crippen LogP contribution < -0.4 is 0 Å². The number of aromatic nitrogens is 7. The van der Waals surface area contributed by atoms with E-state index in [0.717, 1.165) is 0 Å². The molecule has 0 aromatic carbocycles. The zero-order valence-corrected chi connectivity index (χ0v) is 11.4. The fraction of sp³-hybridized carbons (Fsp3) is 0.417. The molecule has 4 rings (SSSR count). The van der Waals surface area contributed by atoms with Gasteiger partial charge in [0.15, 0.2) is 17.0 Å². The van der Waals surface area contributed by atoms with Gasteiger partial charge in [-0.05, 0) is 0 Å². The lowest BCUT2D eigenvalue weighted by atomic mass is 10.2. The van der Waals surface area contributed by atoms with Gasteiger partial charge in [0, 0.05) is 6.42 Å². The molecule has 3 aromatic heterocycles. The summed E-state index contributed by atoms with van der Waals surface area (Å²) in [5.74, 6) is 0.561. The first-order valence-corrected chi connectivity index (χ1v) is 6.75. The Bertz CT molecular complexity index is 787. The van der Waals surface area contributed by atoms with Crippen molar-refractivity contribution >= 4 is 11.2 Å².